The Morgan fingerprint density at radius 1 is 1.31 bits per heavy atom. The molecule has 0 spiro atoms. The highest BCUT2D eigenvalue weighted by Crippen LogP contribution is 2.34. The molecule has 3 rings (SSSR count). The second-order valence-corrected chi connectivity index (χ2v) is 6.40. The number of aryl methyl sites for hydroxylation is 1. The molecule has 2 aromatic rings. The molecule has 1 unspecified atom stereocenters. The lowest BCUT2D eigenvalue weighted by Gasteiger charge is -2.17. The summed E-state index contributed by atoms with van der Waals surface area (Å²) in [4.78, 5) is 3.24. The van der Waals surface area contributed by atoms with Gasteiger partial charge in [-0.25, -0.2) is 9.05 Å². The Balaban J connectivity index is 1.82. The smallest absolute Gasteiger partial charge is 0.269 e. The molecule has 26 heavy (non-hydrogen) atoms. The molecule has 0 fully saturated rings. The SMILES string of the molecule is [C-]#[N+]c1cccc(NC2=NS(=O)N=C2N[C@H](CC)c2ccc(C)o2)c1O. The molecule has 0 saturated heterocycles. The highest BCUT2D eigenvalue weighted by Gasteiger charge is 2.24. The Hall–Kier alpha value is -3.12. The van der Waals surface area contributed by atoms with Gasteiger partial charge in [-0.3, -0.25) is 0 Å². The first-order valence-corrected chi connectivity index (χ1v) is 8.97. The molecule has 0 bridgehead atoms. The molecule has 134 valence electrons. The number of aromatic hydroxyl groups is 1. The van der Waals surface area contributed by atoms with Crippen molar-refractivity contribution in [3.8, 4) is 5.75 Å². The summed E-state index contributed by atoms with van der Waals surface area (Å²) in [6.07, 6.45) is 0.713. The van der Waals surface area contributed by atoms with E-state index in [1.54, 1.807) is 12.1 Å². The fraction of sp³-hybridized carbons (Fsp3) is 0.235. The predicted molar refractivity (Wildman–Crippen MR) is 101 cm³/mol. The number of phenols is 1. The molecule has 2 atom stereocenters. The van der Waals surface area contributed by atoms with Gasteiger partial charge in [0, 0.05) is 0 Å². The van der Waals surface area contributed by atoms with Crippen LogP contribution in [0.1, 0.15) is 30.9 Å². The monoisotopic (exact) mass is 371 g/mol. The number of hydrogen-bond acceptors (Lipinski definition) is 5. The number of amidine groups is 2. The molecule has 0 aliphatic carbocycles. The van der Waals surface area contributed by atoms with E-state index in [1.165, 1.54) is 6.07 Å². The number of hydrogen-bond donors (Lipinski definition) is 3. The number of nitrogens with one attached hydrogen (secondary N) is 2. The van der Waals surface area contributed by atoms with Crippen molar-refractivity contribution in [2.45, 2.75) is 26.3 Å². The first-order valence-electron chi connectivity index (χ1n) is 7.91. The summed E-state index contributed by atoms with van der Waals surface area (Å²) in [5.41, 5.74) is 0.395. The van der Waals surface area contributed by atoms with Crippen molar-refractivity contribution in [3.05, 3.63) is 53.3 Å². The number of furan rings is 1. The molecule has 2 heterocycles. The largest absolute Gasteiger partial charge is 0.517 e. The van der Waals surface area contributed by atoms with Crippen LogP contribution >= 0.6 is 0 Å². The maximum atomic E-state index is 11.8. The third-order valence-corrected chi connectivity index (χ3v) is 4.45. The van der Waals surface area contributed by atoms with Crippen LogP contribution in [0.3, 0.4) is 0 Å². The third kappa shape index (κ3) is 3.60. The van der Waals surface area contributed by atoms with E-state index in [1.807, 2.05) is 26.0 Å². The molecule has 0 amide bonds. The van der Waals surface area contributed by atoms with Crippen molar-refractivity contribution in [3.63, 3.8) is 0 Å². The second kappa shape index (κ2) is 7.41. The van der Waals surface area contributed by atoms with E-state index < -0.39 is 11.2 Å². The van der Waals surface area contributed by atoms with Gasteiger partial charge in [0.25, 0.3) is 11.2 Å². The van der Waals surface area contributed by atoms with Crippen molar-refractivity contribution in [2.75, 3.05) is 5.32 Å². The van der Waals surface area contributed by atoms with Crippen molar-refractivity contribution in [1.29, 1.82) is 0 Å². The van der Waals surface area contributed by atoms with Crippen molar-refractivity contribution in [2.24, 2.45) is 8.80 Å². The van der Waals surface area contributed by atoms with E-state index in [4.69, 9.17) is 11.0 Å². The Morgan fingerprint density at radius 3 is 2.73 bits per heavy atom. The third-order valence-electron chi connectivity index (χ3n) is 3.78. The molecule has 1 aliphatic rings. The molecule has 0 saturated carbocycles. The van der Waals surface area contributed by atoms with Gasteiger partial charge in [0.1, 0.15) is 17.3 Å². The summed E-state index contributed by atoms with van der Waals surface area (Å²) < 4.78 is 25.4. The Labute approximate surface area is 153 Å². The van der Waals surface area contributed by atoms with E-state index in [0.29, 0.717) is 12.3 Å². The maximum absolute atomic E-state index is 11.8. The normalized spacial score (nSPS) is 17.2. The van der Waals surface area contributed by atoms with E-state index in [2.05, 4.69) is 24.3 Å². The minimum Gasteiger partial charge on any atom is -0.517 e. The predicted octanol–water partition coefficient (Wildman–Crippen LogP) is 3.39. The van der Waals surface area contributed by atoms with Gasteiger partial charge in [-0.05, 0) is 31.5 Å². The van der Waals surface area contributed by atoms with Gasteiger partial charge >= 0.3 is 0 Å². The van der Waals surface area contributed by atoms with Gasteiger partial charge in [0.15, 0.2) is 11.7 Å². The van der Waals surface area contributed by atoms with E-state index in [-0.39, 0.29) is 29.0 Å². The van der Waals surface area contributed by atoms with Gasteiger partial charge in [0.2, 0.25) is 5.69 Å². The summed E-state index contributed by atoms with van der Waals surface area (Å²) in [7, 11) is 0. The lowest BCUT2D eigenvalue weighted by molar-refractivity contribution is 0.424. The summed E-state index contributed by atoms with van der Waals surface area (Å²) in [6, 6.07) is 8.30. The molecular formula is C17H17N5O3S. The Morgan fingerprint density at radius 2 is 2.08 bits per heavy atom. The van der Waals surface area contributed by atoms with Gasteiger partial charge < -0.3 is 20.2 Å². The van der Waals surface area contributed by atoms with Crippen LogP contribution in [-0.2, 0) is 11.2 Å². The standard InChI is InChI=1S/C17H17N5O3S/c1-4-11(14-9-8-10(2)25-14)19-16-17(22-26(24)21-16)20-13-7-5-6-12(18-3)15(13)23/h5-9,11,23H,4H2,1-2H3,(H,19,21)(H,20,22)/t11-,26?/m1/s1. The van der Waals surface area contributed by atoms with E-state index in [9.17, 15) is 9.32 Å². The number of rotatable bonds is 4. The van der Waals surface area contributed by atoms with Crippen LogP contribution in [0, 0.1) is 13.5 Å². The molecule has 3 N–H and O–H groups in total. The molecule has 8 nitrogen and oxygen atoms in total. The van der Waals surface area contributed by atoms with Crippen molar-refractivity contribution in [1.82, 2.24) is 5.32 Å². The average Bonchev–Trinajstić information content (AvgIpc) is 3.20. The molecule has 1 aliphatic heterocycles. The summed E-state index contributed by atoms with van der Waals surface area (Å²) in [5, 5.41) is 16.2. The molecule has 9 heteroatoms. The topological polar surface area (TPSA) is 104 Å². The van der Waals surface area contributed by atoms with Crippen LogP contribution in [0.25, 0.3) is 4.85 Å². The van der Waals surface area contributed by atoms with Gasteiger partial charge in [0.05, 0.1) is 18.3 Å². The quantitative estimate of drug-likeness (QED) is 0.565. The summed E-state index contributed by atoms with van der Waals surface area (Å²) >= 11 is -1.76. The lowest BCUT2D eigenvalue weighted by atomic mass is 10.1. The average molecular weight is 371 g/mol. The zero-order chi connectivity index (χ0) is 18.7. The first-order chi connectivity index (χ1) is 12.5. The minimum absolute atomic E-state index is 0.110. The fourth-order valence-electron chi connectivity index (χ4n) is 2.47. The van der Waals surface area contributed by atoms with Crippen LogP contribution in [0.2, 0.25) is 0 Å². The molecule has 1 aromatic heterocycles. The molecule has 0 radical (unpaired) electrons. The minimum atomic E-state index is -1.76. The van der Waals surface area contributed by atoms with Gasteiger partial charge in [-0.1, -0.05) is 19.1 Å². The van der Waals surface area contributed by atoms with E-state index in [0.717, 1.165) is 11.5 Å². The van der Waals surface area contributed by atoms with Crippen LogP contribution in [0.4, 0.5) is 11.4 Å². The number of para-hydroxylation sites is 1. The molecule has 1 aromatic carbocycles. The van der Waals surface area contributed by atoms with Crippen LogP contribution < -0.4 is 10.6 Å². The van der Waals surface area contributed by atoms with Gasteiger partial charge in [-0.15, -0.1) is 8.80 Å². The fourth-order valence-corrected chi connectivity index (χ4v) is 3.09. The van der Waals surface area contributed by atoms with Crippen LogP contribution in [0.5, 0.6) is 5.75 Å². The lowest BCUT2D eigenvalue weighted by Crippen LogP contribution is -2.36. The summed E-state index contributed by atoms with van der Waals surface area (Å²) in [6.45, 7) is 10.9. The number of nitrogens with zero attached hydrogens (tertiary/aromatic N) is 3. The van der Waals surface area contributed by atoms with Gasteiger partial charge in [-0.2, -0.15) is 0 Å². The first kappa shape index (κ1) is 17.7. The zero-order valence-electron chi connectivity index (χ0n) is 14.2. The Kier molecular flexibility index (Phi) is 5.04. The highest BCUT2D eigenvalue weighted by atomic mass is 32.2. The molecular weight excluding hydrogens is 354 g/mol. The van der Waals surface area contributed by atoms with Crippen LogP contribution in [-0.4, -0.2) is 21.0 Å². The number of anilines is 1. The summed E-state index contributed by atoms with van der Waals surface area (Å²) in [5.74, 6) is 1.86. The highest BCUT2D eigenvalue weighted by molar-refractivity contribution is 7.83. The number of benzene rings is 1. The Bertz CT molecular complexity index is 958. The maximum Gasteiger partial charge on any atom is 0.269 e. The van der Waals surface area contributed by atoms with Crippen LogP contribution in [0.15, 0.2) is 43.5 Å². The zero-order valence-corrected chi connectivity index (χ0v) is 15.0. The van der Waals surface area contributed by atoms with Crippen molar-refractivity contribution >= 4 is 34.2 Å². The second-order valence-electron chi connectivity index (χ2n) is 5.57. The van der Waals surface area contributed by atoms with Crippen molar-refractivity contribution < 1.29 is 13.7 Å². The van der Waals surface area contributed by atoms with E-state index >= 15 is 0 Å². The number of phenolic OH excluding ortho intramolecular Hbond substituents is 1.